The summed E-state index contributed by atoms with van der Waals surface area (Å²) in [5.74, 6) is -0.928. The number of rotatable bonds is 62. The molecule has 468 valence electrons. The third-order valence-electron chi connectivity index (χ3n) is 14.7. The van der Waals surface area contributed by atoms with E-state index in [2.05, 4.69) is 142 Å². The number of esters is 3. The summed E-state index contributed by atoms with van der Waals surface area (Å²) < 4.78 is 16.9. The van der Waals surface area contributed by atoms with Crippen LogP contribution in [0.5, 0.6) is 0 Å². The Labute approximate surface area is 507 Å². The first-order chi connectivity index (χ1) is 40.5. The van der Waals surface area contributed by atoms with Crippen molar-refractivity contribution in [2.24, 2.45) is 0 Å². The van der Waals surface area contributed by atoms with Crippen LogP contribution in [0.1, 0.15) is 323 Å². The Hall–Kier alpha value is -4.19. The van der Waals surface area contributed by atoms with E-state index in [9.17, 15) is 14.4 Å². The van der Waals surface area contributed by atoms with Crippen LogP contribution in [0.4, 0.5) is 0 Å². The second-order valence-corrected chi connectivity index (χ2v) is 22.7. The Kier molecular flexibility index (Phi) is 65.8. The zero-order chi connectivity index (χ0) is 59.2. The fraction of sp³-hybridized carbons (Fsp3) is 0.697. The molecule has 1 unspecified atom stereocenters. The van der Waals surface area contributed by atoms with E-state index in [0.717, 1.165) is 122 Å². The summed E-state index contributed by atoms with van der Waals surface area (Å²) in [6, 6.07) is 0. The molecule has 0 saturated carbocycles. The van der Waals surface area contributed by atoms with E-state index in [0.29, 0.717) is 19.3 Å². The minimum absolute atomic E-state index is 0.0929. The first kappa shape index (κ1) is 77.8. The van der Waals surface area contributed by atoms with Gasteiger partial charge in [0, 0.05) is 19.3 Å². The summed E-state index contributed by atoms with van der Waals surface area (Å²) in [5, 5.41) is 0. The number of carbonyl (C=O) groups excluding carboxylic acids is 3. The van der Waals surface area contributed by atoms with Crippen LogP contribution in [-0.4, -0.2) is 37.2 Å². The highest BCUT2D eigenvalue weighted by Crippen LogP contribution is 2.17. The van der Waals surface area contributed by atoms with Gasteiger partial charge in [0.1, 0.15) is 13.2 Å². The average Bonchev–Trinajstić information content (AvgIpc) is 3.47. The molecule has 0 amide bonds. The lowest BCUT2D eigenvalue weighted by molar-refractivity contribution is -0.167. The SMILES string of the molecule is CC/C=C\C/C=C\C/C=C\C/C=C\C/C=C\C/C=C\CCCCCCCCCCCCC(=O)OCC(COC(=O)CCCC/C=C\C/C=C\C/C=C\C/C=C\CC)OC(=O)CCCCCCCCCCCCCCCCCCCCCC. The molecule has 0 aromatic carbocycles. The van der Waals surface area contributed by atoms with E-state index in [4.69, 9.17) is 14.2 Å². The third-order valence-corrected chi connectivity index (χ3v) is 14.7. The van der Waals surface area contributed by atoms with Gasteiger partial charge in [0.25, 0.3) is 0 Å². The van der Waals surface area contributed by atoms with Crippen molar-refractivity contribution in [2.75, 3.05) is 13.2 Å². The lowest BCUT2D eigenvalue weighted by atomic mass is 10.0. The van der Waals surface area contributed by atoms with E-state index in [-0.39, 0.29) is 31.1 Å². The summed E-state index contributed by atoms with van der Waals surface area (Å²) in [7, 11) is 0. The van der Waals surface area contributed by atoms with Gasteiger partial charge >= 0.3 is 17.9 Å². The van der Waals surface area contributed by atoms with Crippen molar-refractivity contribution in [2.45, 2.75) is 329 Å². The van der Waals surface area contributed by atoms with Crippen LogP contribution in [0.3, 0.4) is 0 Å². The summed E-state index contributed by atoms with van der Waals surface area (Å²) in [6.45, 7) is 6.41. The van der Waals surface area contributed by atoms with Crippen molar-refractivity contribution in [1.82, 2.24) is 0 Å². The van der Waals surface area contributed by atoms with Gasteiger partial charge in [-0.05, 0) is 109 Å². The average molecular weight is 1140 g/mol. The maximum Gasteiger partial charge on any atom is 0.306 e. The number of allylic oxidation sites excluding steroid dienone is 20. The number of unbranched alkanes of at least 4 members (excludes halogenated alkanes) is 31. The highest BCUT2D eigenvalue weighted by molar-refractivity contribution is 5.71. The summed E-state index contributed by atoms with van der Waals surface area (Å²) in [5.41, 5.74) is 0. The summed E-state index contributed by atoms with van der Waals surface area (Å²) in [6.07, 6.45) is 96.5. The predicted molar refractivity (Wildman–Crippen MR) is 357 cm³/mol. The topological polar surface area (TPSA) is 78.9 Å². The van der Waals surface area contributed by atoms with Gasteiger partial charge in [0.2, 0.25) is 0 Å². The molecule has 0 radical (unpaired) electrons. The van der Waals surface area contributed by atoms with Gasteiger partial charge in [-0.25, -0.2) is 0 Å². The van der Waals surface area contributed by atoms with Gasteiger partial charge in [-0.1, -0.05) is 316 Å². The molecule has 1 atom stereocenters. The summed E-state index contributed by atoms with van der Waals surface area (Å²) >= 11 is 0. The molecule has 0 aliphatic rings. The smallest absolute Gasteiger partial charge is 0.306 e. The quantitative estimate of drug-likeness (QED) is 0.0261. The molecule has 0 aliphatic heterocycles. The number of carbonyl (C=O) groups is 3. The van der Waals surface area contributed by atoms with E-state index in [1.165, 1.54) is 161 Å². The van der Waals surface area contributed by atoms with Gasteiger partial charge in [-0.3, -0.25) is 14.4 Å². The first-order valence-electron chi connectivity index (χ1n) is 34.5. The van der Waals surface area contributed by atoms with Crippen molar-refractivity contribution >= 4 is 17.9 Å². The highest BCUT2D eigenvalue weighted by atomic mass is 16.6. The molecule has 6 heteroatoms. The van der Waals surface area contributed by atoms with Crippen LogP contribution in [0.25, 0.3) is 0 Å². The largest absolute Gasteiger partial charge is 0.462 e. The normalized spacial score (nSPS) is 12.9. The Morgan fingerprint density at radius 3 is 0.768 bits per heavy atom. The van der Waals surface area contributed by atoms with Crippen LogP contribution >= 0.6 is 0 Å². The van der Waals surface area contributed by atoms with Crippen molar-refractivity contribution in [3.05, 3.63) is 122 Å². The van der Waals surface area contributed by atoms with Gasteiger partial charge < -0.3 is 14.2 Å². The molecule has 82 heavy (non-hydrogen) atoms. The van der Waals surface area contributed by atoms with Gasteiger partial charge in [-0.2, -0.15) is 0 Å². The van der Waals surface area contributed by atoms with Gasteiger partial charge in [-0.15, -0.1) is 0 Å². The molecule has 6 nitrogen and oxygen atoms in total. The molecule has 0 rings (SSSR count). The lowest BCUT2D eigenvalue weighted by Gasteiger charge is -2.18. The fourth-order valence-electron chi connectivity index (χ4n) is 9.62. The number of hydrogen-bond acceptors (Lipinski definition) is 6. The van der Waals surface area contributed by atoms with Crippen LogP contribution in [0.15, 0.2) is 122 Å². The Morgan fingerprint density at radius 2 is 0.476 bits per heavy atom. The maximum absolute atomic E-state index is 12.9. The van der Waals surface area contributed by atoms with Crippen molar-refractivity contribution in [3.63, 3.8) is 0 Å². The number of hydrogen-bond donors (Lipinski definition) is 0. The van der Waals surface area contributed by atoms with Gasteiger partial charge in [0.15, 0.2) is 6.10 Å². The Morgan fingerprint density at radius 1 is 0.256 bits per heavy atom. The first-order valence-corrected chi connectivity index (χ1v) is 34.5. The molecular formula is C76H128O6. The summed E-state index contributed by atoms with van der Waals surface area (Å²) in [4.78, 5) is 38.4. The molecule has 0 aromatic heterocycles. The Balaban J connectivity index is 4.35. The third kappa shape index (κ3) is 66.6. The second-order valence-electron chi connectivity index (χ2n) is 22.7. The van der Waals surface area contributed by atoms with E-state index in [1.54, 1.807) is 0 Å². The molecular weight excluding hydrogens is 1010 g/mol. The second kappa shape index (κ2) is 69.3. The fourth-order valence-corrected chi connectivity index (χ4v) is 9.62. The molecule has 0 saturated heterocycles. The van der Waals surface area contributed by atoms with Crippen LogP contribution in [0, 0.1) is 0 Å². The standard InChI is InChI=1S/C76H128O6/c1-4-7-10-13-16-19-22-25-28-30-32-34-35-36-37-38-39-40-41-42-44-45-48-51-54-57-60-63-66-69-75(78)81-72-73(71-80-74(77)68-65-62-59-56-53-50-47-27-24-21-18-15-12-9-6-3)82-76(79)70-67-64-61-58-55-52-49-46-43-33-31-29-26-23-20-17-14-11-8-5-2/h7,9-10,12,16,18-19,21,25,27-28,32,34,36-37,39-40,47,53,56,73H,4-6,8,11,13-15,17,20,22-24,26,29-31,33,35,38,41-46,48-52,54-55,57-72H2,1-3H3/b10-7-,12-9-,19-16-,21-18-,28-25-,34-32-,37-36-,40-39-,47-27-,56-53-. The lowest BCUT2D eigenvalue weighted by Crippen LogP contribution is -2.30. The van der Waals surface area contributed by atoms with E-state index < -0.39 is 6.10 Å². The molecule has 0 bridgehead atoms. The zero-order valence-corrected chi connectivity index (χ0v) is 53.7. The highest BCUT2D eigenvalue weighted by Gasteiger charge is 2.19. The molecule has 0 spiro atoms. The minimum Gasteiger partial charge on any atom is -0.462 e. The molecule has 0 fully saturated rings. The van der Waals surface area contributed by atoms with Crippen LogP contribution in [0.2, 0.25) is 0 Å². The molecule has 0 heterocycles. The molecule has 0 N–H and O–H groups in total. The zero-order valence-electron chi connectivity index (χ0n) is 53.7. The van der Waals surface area contributed by atoms with Crippen LogP contribution in [-0.2, 0) is 28.6 Å². The van der Waals surface area contributed by atoms with E-state index >= 15 is 0 Å². The molecule has 0 aliphatic carbocycles. The predicted octanol–water partition coefficient (Wildman–Crippen LogP) is 23.9. The molecule has 0 aromatic rings. The maximum atomic E-state index is 12.9. The van der Waals surface area contributed by atoms with Crippen molar-refractivity contribution < 1.29 is 28.6 Å². The van der Waals surface area contributed by atoms with Crippen LogP contribution < -0.4 is 0 Å². The van der Waals surface area contributed by atoms with Crippen molar-refractivity contribution in [1.29, 1.82) is 0 Å². The van der Waals surface area contributed by atoms with Crippen molar-refractivity contribution in [3.8, 4) is 0 Å². The Bertz CT molecular complexity index is 1690. The number of ether oxygens (including phenoxy) is 3. The van der Waals surface area contributed by atoms with Gasteiger partial charge in [0.05, 0.1) is 0 Å². The van der Waals surface area contributed by atoms with E-state index in [1.807, 2.05) is 0 Å². The minimum atomic E-state index is -0.799. The monoisotopic (exact) mass is 1140 g/mol.